The van der Waals surface area contributed by atoms with Crippen LogP contribution in [0.3, 0.4) is 0 Å². The molecule has 0 aliphatic carbocycles. The molecule has 0 unspecified atom stereocenters. The van der Waals surface area contributed by atoms with E-state index in [1.165, 1.54) is 12.4 Å². The van der Waals surface area contributed by atoms with Crippen LogP contribution in [0.2, 0.25) is 0 Å². The standard InChI is InChI=1S/C10H10N4O2/c1-7-2-4-11-6-8(7)16-10(15)13-9-3-5-12-14-9/h2-6H,1H3,(H2,12,13,14,15). The summed E-state index contributed by atoms with van der Waals surface area (Å²) in [6.45, 7) is 1.83. The summed E-state index contributed by atoms with van der Waals surface area (Å²) in [4.78, 5) is 15.3. The number of nitrogens with one attached hydrogen (secondary N) is 2. The zero-order valence-corrected chi connectivity index (χ0v) is 8.60. The van der Waals surface area contributed by atoms with Gasteiger partial charge >= 0.3 is 6.09 Å². The molecule has 2 rings (SSSR count). The number of pyridine rings is 1. The van der Waals surface area contributed by atoms with Crippen molar-refractivity contribution in [3.63, 3.8) is 0 Å². The lowest BCUT2D eigenvalue weighted by Crippen LogP contribution is -2.17. The van der Waals surface area contributed by atoms with E-state index in [4.69, 9.17) is 4.74 Å². The van der Waals surface area contributed by atoms with Gasteiger partial charge in [0.1, 0.15) is 5.82 Å². The molecule has 2 aromatic heterocycles. The third-order valence-electron chi connectivity index (χ3n) is 1.93. The van der Waals surface area contributed by atoms with Crippen LogP contribution >= 0.6 is 0 Å². The van der Waals surface area contributed by atoms with Crippen molar-refractivity contribution in [1.82, 2.24) is 15.2 Å². The minimum atomic E-state index is -0.583. The van der Waals surface area contributed by atoms with Crippen LogP contribution in [0.1, 0.15) is 5.56 Å². The first-order valence-electron chi connectivity index (χ1n) is 4.64. The predicted octanol–water partition coefficient (Wildman–Crippen LogP) is 1.72. The molecule has 0 radical (unpaired) electrons. The largest absolute Gasteiger partial charge is 0.418 e. The Hall–Kier alpha value is -2.37. The van der Waals surface area contributed by atoms with Crippen LogP contribution in [0.15, 0.2) is 30.7 Å². The number of hydrogen-bond donors (Lipinski definition) is 2. The summed E-state index contributed by atoms with van der Waals surface area (Å²) in [5.41, 5.74) is 0.842. The van der Waals surface area contributed by atoms with Crippen LogP contribution in [0.25, 0.3) is 0 Å². The maximum Gasteiger partial charge on any atom is 0.418 e. The number of hydrogen-bond acceptors (Lipinski definition) is 4. The molecule has 0 bridgehead atoms. The number of rotatable bonds is 2. The van der Waals surface area contributed by atoms with Crippen LogP contribution in [0.5, 0.6) is 5.75 Å². The molecule has 2 N–H and O–H groups in total. The lowest BCUT2D eigenvalue weighted by atomic mass is 10.3. The normalized spacial score (nSPS) is 9.81. The van der Waals surface area contributed by atoms with Crippen molar-refractivity contribution in [2.24, 2.45) is 0 Å². The lowest BCUT2D eigenvalue weighted by molar-refractivity contribution is 0.214. The van der Waals surface area contributed by atoms with Crippen LogP contribution in [0.4, 0.5) is 10.6 Å². The highest BCUT2D eigenvalue weighted by Gasteiger charge is 2.07. The topological polar surface area (TPSA) is 79.9 Å². The van der Waals surface area contributed by atoms with E-state index in [0.717, 1.165) is 5.56 Å². The highest BCUT2D eigenvalue weighted by Crippen LogP contribution is 2.15. The summed E-state index contributed by atoms with van der Waals surface area (Å²) >= 11 is 0. The second-order valence-corrected chi connectivity index (χ2v) is 3.13. The molecule has 0 spiro atoms. The molecule has 0 atom stereocenters. The van der Waals surface area contributed by atoms with E-state index in [0.29, 0.717) is 11.6 Å². The zero-order chi connectivity index (χ0) is 11.4. The van der Waals surface area contributed by atoms with Crippen molar-refractivity contribution in [2.45, 2.75) is 6.92 Å². The minimum Gasteiger partial charge on any atom is -0.408 e. The molecule has 0 aliphatic heterocycles. The van der Waals surface area contributed by atoms with Crippen molar-refractivity contribution < 1.29 is 9.53 Å². The quantitative estimate of drug-likeness (QED) is 0.804. The maximum atomic E-state index is 11.4. The minimum absolute atomic E-state index is 0.430. The fourth-order valence-electron chi connectivity index (χ4n) is 1.12. The summed E-state index contributed by atoms with van der Waals surface area (Å²) in [6, 6.07) is 3.39. The fraction of sp³-hybridized carbons (Fsp3) is 0.100. The van der Waals surface area contributed by atoms with Gasteiger partial charge in [-0.25, -0.2) is 4.79 Å². The van der Waals surface area contributed by atoms with E-state index < -0.39 is 6.09 Å². The third kappa shape index (κ3) is 2.35. The number of ether oxygens (including phenoxy) is 1. The van der Waals surface area contributed by atoms with Gasteiger partial charge in [0.25, 0.3) is 0 Å². The molecule has 16 heavy (non-hydrogen) atoms. The molecule has 6 heteroatoms. The smallest absolute Gasteiger partial charge is 0.408 e. The first kappa shape index (κ1) is 10.2. The molecule has 0 fully saturated rings. The number of carbonyl (C=O) groups excluding carboxylic acids is 1. The van der Waals surface area contributed by atoms with E-state index in [2.05, 4.69) is 20.5 Å². The fourth-order valence-corrected chi connectivity index (χ4v) is 1.12. The highest BCUT2D eigenvalue weighted by molar-refractivity contribution is 5.85. The van der Waals surface area contributed by atoms with Crippen molar-refractivity contribution in [3.05, 3.63) is 36.3 Å². The SMILES string of the molecule is Cc1ccncc1OC(=O)Nc1ccn[nH]1. The number of aromatic amines is 1. The van der Waals surface area contributed by atoms with Gasteiger partial charge in [0.15, 0.2) is 5.75 Å². The Bertz CT molecular complexity index is 481. The molecular weight excluding hydrogens is 208 g/mol. The Morgan fingerprint density at radius 1 is 1.44 bits per heavy atom. The first-order valence-corrected chi connectivity index (χ1v) is 4.64. The van der Waals surface area contributed by atoms with Gasteiger partial charge < -0.3 is 4.74 Å². The van der Waals surface area contributed by atoms with Gasteiger partial charge in [-0.15, -0.1) is 0 Å². The maximum absolute atomic E-state index is 11.4. The van der Waals surface area contributed by atoms with Crippen molar-refractivity contribution in [3.8, 4) is 5.75 Å². The third-order valence-corrected chi connectivity index (χ3v) is 1.93. The van der Waals surface area contributed by atoms with Crippen molar-refractivity contribution >= 4 is 11.9 Å². The lowest BCUT2D eigenvalue weighted by Gasteiger charge is -2.06. The Balaban J connectivity index is 2.00. The number of amides is 1. The molecular formula is C10H10N4O2. The van der Waals surface area contributed by atoms with E-state index >= 15 is 0 Å². The van der Waals surface area contributed by atoms with Gasteiger partial charge in [0.2, 0.25) is 0 Å². The van der Waals surface area contributed by atoms with E-state index in [1.54, 1.807) is 18.3 Å². The molecule has 6 nitrogen and oxygen atoms in total. The van der Waals surface area contributed by atoms with Gasteiger partial charge in [-0.2, -0.15) is 5.10 Å². The van der Waals surface area contributed by atoms with Gasteiger partial charge in [-0.3, -0.25) is 15.4 Å². The molecule has 2 heterocycles. The Kier molecular flexibility index (Phi) is 2.81. The van der Waals surface area contributed by atoms with Gasteiger partial charge in [0, 0.05) is 12.3 Å². The Labute approximate surface area is 91.7 Å². The molecule has 0 aliphatic rings. The van der Waals surface area contributed by atoms with Crippen LogP contribution in [0, 0.1) is 6.92 Å². The molecule has 2 aromatic rings. The van der Waals surface area contributed by atoms with Crippen LogP contribution < -0.4 is 10.1 Å². The summed E-state index contributed by atoms with van der Waals surface area (Å²) in [6.07, 6.45) is 4.07. The second-order valence-electron chi connectivity index (χ2n) is 3.13. The Morgan fingerprint density at radius 2 is 2.31 bits per heavy atom. The highest BCUT2D eigenvalue weighted by atomic mass is 16.6. The summed E-state index contributed by atoms with van der Waals surface area (Å²) in [5.74, 6) is 0.908. The molecule has 0 aromatic carbocycles. The number of H-pyrrole nitrogens is 1. The number of carbonyl (C=O) groups is 1. The average molecular weight is 218 g/mol. The summed E-state index contributed by atoms with van der Waals surface area (Å²) in [7, 11) is 0. The average Bonchev–Trinajstić information content (AvgIpc) is 2.74. The molecule has 82 valence electrons. The first-order chi connectivity index (χ1) is 7.75. The summed E-state index contributed by atoms with van der Waals surface area (Å²) in [5, 5.41) is 8.77. The van der Waals surface area contributed by atoms with Crippen LogP contribution in [-0.4, -0.2) is 21.3 Å². The van der Waals surface area contributed by atoms with Crippen LogP contribution in [-0.2, 0) is 0 Å². The van der Waals surface area contributed by atoms with Gasteiger partial charge in [-0.05, 0) is 18.6 Å². The van der Waals surface area contributed by atoms with E-state index in [-0.39, 0.29) is 0 Å². The Morgan fingerprint density at radius 3 is 3.00 bits per heavy atom. The predicted molar refractivity (Wildman–Crippen MR) is 57.2 cm³/mol. The zero-order valence-electron chi connectivity index (χ0n) is 8.60. The van der Waals surface area contributed by atoms with Crippen molar-refractivity contribution in [2.75, 3.05) is 5.32 Å². The molecule has 0 saturated heterocycles. The monoisotopic (exact) mass is 218 g/mol. The van der Waals surface area contributed by atoms with E-state index in [1.807, 2.05) is 6.92 Å². The number of aromatic nitrogens is 3. The molecule has 0 saturated carbocycles. The number of nitrogens with zero attached hydrogens (tertiary/aromatic N) is 2. The second kappa shape index (κ2) is 4.43. The molecule has 1 amide bonds. The van der Waals surface area contributed by atoms with E-state index in [9.17, 15) is 4.79 Å². The summed E-state index contributed by atoms with van der Waals surface area (Å²) < 4.78 is 5.06. The van der Waals surface area contributed by atoms with Crippen molar-refractivity contribution in [1.29, 1.82) is 0 Å². The number of anilines is 1. The van der Waals surface area contributed by atoms with Gasteiger partial charge in [-0.1, -0.05) is 0 Å². The number of aryl methyl sites for hydroxylation is 1. The van der Waals surface area contributed by atoms with Gasteiger partial charge in [0.05, 0.1) is 12.4 Å².